The molecule has 0 bridgehead atoms. The Morgan fingerprint density at radius 1 is 1.05 bits per heavy atom. The smallest absolute Gasteiger partial charge is 0.0637 e. The molecule has 2 aromatic carbocycles. The molecule has 1 nitrogen and oxygen atoms in total. The van der Waals surface area contributed by atoms with Gasteiger partial charge in [-0.25, -0.2) is 0 Å². The van der Waals surface area contributed by atoms with E-state index in [0.29, 0.717) is 5.92 Å². The van der Waals surface area contributed by atoms with Crippen molar-refractivity contribution in [2.24, 2.45) is 11.7 Å². The van der Waals surface area contributed by atoms with Gasteiger partial charge in [-0.1, -0.05) is 66.2 Å². The molecule has 0 amide bonds. The molecule has 0 spiro atoms. The van der Waals surface area contributed by atoms with E-state index < -0.39 is 5.54 Å². The fourth-order valence-corrected chi connectivity index (χ4v) is 2.72. The Kier molecular flexibility index (Phi) is 4.66. The maximum Gasteiger partial charge on any atom is 0.0637 e. The lowest BCUT2D eigenvalue weighted by atomic mass is 9.84. The van der Waals surface area contributed by atoms with Crippen molar-refractivity contribution in [3.8, 4) is 0 Å². The third-order valence-corrected chi connectivity index (χ3v) is 4.14. The van der Waals surface area contributed by atoms with Gasteiger partial charge in [-0.05, 0) is 48.1 Å². The van der Waals surface area contributed by atoms with Gasteiger partial charge in [0, 0.05) is 4.47 Å². The highest BCUT2D eigenvalue weighted by atomic mass is 79.9. The predicted molar refractivity (Wildman–Crippen MR) is 89.8 cm³/mol. The van der Waals surface area contributed by atoms with Crippen LogP contribution in [0.1, 0.15) is 37.5 Å². The SMILES string of the molecule is CC(C)Cc1cccc(C(C)(N)c2ccc(Br)cc2)c1. The zero-order chi connectivity index (χ0) is 14.8. The Bertz CT molecular complexity index is 570. The van der Waals surface area contributed by atoms with Crippen LogP contribution >= 0.6 is 15.9 Å². The molecular weight excluding hydrogens is 310 g/mol. The summed E-state index contributed by atoms with van der Waals surface area (Å²) in [4.78, 5) is 0. The molecule has 0 aliphatic heterocycles. The Morgan fingerprint density at radius 2 is 1.70 bits per heavy atom. The normalized spacial score (nSPS) is 14.3. The summed E-state index contributed by atoms with van der Waals surface area (Å²) in [6, 6.07) is 16.9. The van der Waals surface area contributed by atoms with Gasteiger partial charge in [0.1, 0.15) is 0 Å². The summed E-state index contributed by atoms with van der Waals surface area (Å²) in [7, 11) is 0. The minimum Gasteiger partial charge on any atom is -0.318 e. The summed E-state index contributed by atoms with van der Waals surface area (Å²) >= 11 is 3.47. The van der Waals surface area contributed by atoms with Crippen LogP contribution in [0.5, 0.6) is 0 Å². The molecule has 106 valence electrons. The van der Waals surface area contributed by atoms with Crippen molar-refractivity contribution < 1.29 is 0 Å². The molecule has 2 N–H and O–H groups in total. The summed E-state index contributed by atoms with van der Waals surface area (Å²) in [6.45, 7) is 6.55. The van der Waals surface area contributed by atoms with Gasteiger partial charge in [-0.15, -0.1) is 0 Å². The lowest BCUT2D eigenvalue weighted by molar-refractivity contribution is 0.598. The zero-order valence-electron chi connectivity index (χ0n) is 12.4. The second-order valence-electron chi connectivity index (χ2n) is 6.01. The van der Waals surface area contributed by atoms with Gasteiger partial charge in [0.2, 0.25) is 0 Å². The molecule has 2 aromatic rings. The van der Waals surface area contributed by atoms with Gasteiger partial charge in [0.05, 0.1) is 5.54 Å². The van der Waals surface area contributed by atoms with Crippen molar-refractivity contribution in [1.82, 2.24) is 0 Å². The van der Waals surface area contributed by atoms with E-state index >= 15 is 0 Å². The third-order valence-electron chi connectivity index (χ3n) is 3.61. The fourth-order valence-electron chi connectivity index (χ4n) is 2.46. The Labute approximate surface area is 130 Å². The van der Waals surface area contributed by atoms with Crippen molar-refractivity contribution in [2.75, 3.05) is 0 Å². The Morgan fingerprint density at radius 3 is 2.30 bits per heavy atom. The molecule has 0 aliphatic carbocycles. The van der Waals surface area contributed by atoms with Crippen LogP contribution in [0.2, 0.25) is 0 Å². The van der Waals surface area contributed by atoms with Crippen LogP contribution in [0.15, 0.2) is 53.0 Å². The quantitative estimate of drug-likeness (QED) is 0.849. The summed E-state index contributed by atoms with van der Waals surface area (Å²) in [5, 5.41) is 0. The van der Waals surface area contributed by atoms with E-state index in [-0.39, 0.29) is 0 Å². The number of rotatable bonds is 4. The van der Waals surface area contributed by atoms with Crippen molar-refractivity contribution >= 4 is 15.9 Å². The largest absolute Gasteiger partial charge is 0.318 e. The fraction of sp³-hybridized carbons (Fsp3) is 0.333. The number of hydrogen-bond acceptors (Lipinski definition) is 1. The molecule has 1 atom stereocenters. The highest BCUT2D eigenvalue weighted by Gasteiger charge is 2.23. The Balaban J connectivity index is 2.35. The maximum atomic E-state index is 6.59. The highest BCUT2D eigenvalue weighted by molar-refractivity contribution is 9.10. The topological polar surface area (TPSA) is 26.0 Å². The van der Waals surface area contributed by atoms with E-state index in [1.54, 1.807) is 0 Å². The maximum absolute atomic E-state index is 6.59. The molecule has 2 rings (SSSR count). The first-order chi connectivity index (χ1) is 9.39. The molecule has 1 unspecified atom stereocenters. The van der Waals surface area contributed by atoms with Crippen LogP contribution in [0.4, 0.5) is 0 Å². The first kappa shape index (κ1) is 15.3. The summed E-state index contributed by atoms with van der Waals surface area (Å²) in [5.41, 5.74) is 9.77. The number of hydrogen-bond donors (Lipinski definition) is 1. The van der Waals surface area contributed by atoms with Crippen LogP contribution in [-0.2, 0) is 12.0 Å². The van der Waals surface area contributed by atoms with Gasteiger partial charge < -0.3 is 5.73 Å². The van der Waals surface area contributed by atoms with E-state index in [2.05, 4.69) is 73.1 Å². The van der Waals surface area contributed by atoms with E-state index in [0.717, 1.165) is 22.0 Å². The first-order valence-electron chi connectivity index (χ1n) is 7.04. The van der Waals surface area contributed by atoms with Crippen molar-refractivity contribution in [3.05, 3.63) is 69.7 Å². The molecule has 0 aliphatic rings. The van der Waals surface area contributed by atoms with Crippen LogP contribution in [0.25, 0.3) is 0 Å². The second-order valence-corrected chi connectivity index (χ2v) is 6.92. The van der Waals surface area contributed by atoms with Gasteiger partial charge in [0.25, 0.3) is 0 Å². The number of halogens is 1. The monoisotopic (exact) mass is 331 g/mol. The van der Waals surface area contributed by atoms with E-state index in [9.17, 15) is 0 Å². The molecule has 0 radical (unpaired) electrons. The molecule has 2 heteroatoms. The van der Waals surface area contributed by atoms with Crippen LogP contribution < -0.4 is 5.73 Å². The van der Waals surface area contributed by atoms with Gasteiger partial charge in [-0.3, -0.25) is 0 Å². The second kappa shape index (κ2) is 6.11. The standard InChI is InChI=1S/C18H22BrN/c1-13(2)11-14-5-4-6-16(12-14)18(3,20)15-7-9-17(19)10-8-15/h4-10,12-13H,11,20H2,1-3H3. The summed E-state index contributed by atoms with van der Waals surface area (Å²) < 4.78 is 1.07. The first-order valence-corrected chi connectivity index (χ1v) is 7.83. The highest BCUT2D eigenvalue weighted by Crippen LogP contribution is 2.28. The van der Waals surface area contributed by atoms with E-state index in [4.69, 9.17) is 5.73 Å². The Hall–Kier alpha value is -1.12. The number of nitrogens with two attached hydrogens (primary N) is 1. The predicted octanol–water partition coefficient (Wildman–Crippen LogP) is 4.87. The number of benzene rings is 2. The van der Waals surface area contributed by atoms with Crippen LogP contribution in [0.3, 0.4) is 0 Å². The average molecular weight is 332 g/mol. The molecule has 0 fully saturated rings. The third kappa shape index (κ3) is 3.50. The van der Waals surface area contributed by atoms with Crippen LogP contribution in [-0.4, -0.2) is 0 Å². The molecule has 0 aromatic heterocycles. The zero-order valence-corrected chi connectivity index (χ0v) is 13.9. The van der Waals surface area contributed by atoms with E-state index in [1.807, 2.05) is 12.1 Å². The van der Waals surface area contributed by atoms with Crippen molar-refractivity contribution in [1.29, 1.82) is 0 Å². The minimum absolute atomic E-state index is 0.465. The minimum atomic E-state index is -0.465. The van der Waals surface area contributed by atoms with Gasteiger partial charge >= 0.3 is 0 Å². The molecular formula is C18H22BrN. The molecule has 0 saturated heterocycles. The van der Waals surface area contributed by atoms with Crippen molar-refractivity contribution in [3.63, 3.8) is 0 Å². The lowest BCUT2D eigenvalue weighted by Gasteiger charge is -2.27. The van der Waals surface area contributed by atoms with Gasteiger partial charge in [-0.2, -0.15) is 0 Å². The average Bonchev–Trinajstić information content (AvgIpc) is 2.39. The summed E-state index contributed by atoms with van der Waals surface area (Å²) in [5.74, 6) is 0.655. The summed E-state index contributed by atoms with van der Waals surface area (Å²) in [6.07, 6.45) is 1.09. The van der Waals surface area contributed by atoms with E-state index in [1.165, 1.54) is 5.56 Å². The molecule has 20 heavy (non-hydrogen) atoms. The van der Waals surface area contributed by atoms with Gasteiger partial charge in [0.15, 0.2) is 0 Å². The molecule has 0 saturated carbocycles. The van der Waals surface area contributed by atoms with Crippen molar-refractivity contribution in [2.45, 2.75) is 32.7 Å². The lowest BCUT2D eigenvalue weighted by Crippen LogP contribution is -2.34. The molecule has 0 heterocycles. The van der Waals surface area contributed by atoms with Crippen LogP contribution in [0, 0.1) is 5.92 Å².